The standard InChI is InChI=1S/C6H13N3/c1-2-3-6-8-4-7-5-9-6/h3,7-9H,2,4-5H2,1H3. The first-order chi connectivity index (χ1) is 4.43. The van der Waals surface area contributed by atoms with Gasteiger partial charge in [-0.2, -0.15) is 0 Å². The lowest BCUT2D eigenvalue weighted by Gasteiger charge is -2.19. The highest BCUT2D eigenvalue weighted by Gasteiger charge is 1.97. The van der Waals surface area contributed by atoms with E-state index in [0.717, 1.165) is 25.6 Å². The van der Waals surface area contributed by atoms with Crippen molar-refractivity contribution >= 4 is 0 Å². The highest BCUT2D eigenvalue weighted by Crippen LogP contribution is 1.87. The van der Waals surface area contributed by atoms with Crippen LogP contribution in [0.15, 0.2) is 11.9 Å². The average molecular weight is 127 g/mol. The molecule has 0 aromatic heterocycles. The van der Waals surface area contributed by atoms with E-state index >= 15 is 0 Å². The number of nitrogens with one attached hydrogen (secondary N) is 3. The van der Waals surface area contributed by atoms with Gasteiger partial charge < -0.3 is 10.6 Å². The number of allylic oxidation sites excluding steroid dienone is 1. The maximum atomic E-state index is 3.16. The van der Waals surface area contributed by atoms with Crippen LogP contribution < -0.4 is 16.0 Å². The molecular formula is C6H13N3. The summed E-state index contributed by atoms with van der Waals surface area (Å²) < 4.78 is 0. The largest absolute Gasteiger partial charge is 0.360 e. The van der Waals surface area contributed by atoms with Crippen LogP contribution in [0, 0.1) is 0 Å². The molecule has 1 aliphatic heterocycles. The predicted molar refractivity (Wildman–Crippen MR) is 37.5 cm³/mol. The Labute approximate surface area is 55.5 Å². The lowest BCUT2D eigenvalue weighted by Crippen LogP contribution is -2.45. The fraction of sp³-hybridized carbons (Fsp3) is 0.667. The Balaban J connectivity index is 2.30. The third-order valence-electron chi connectivity index (χ3n) is 1.22. The molecule has 3 N–H and O–H groups in total. The first kappa shape index (κ1) is 6.42. The summed E-state index contributed by atoms with van der Waals surface area (Å²) >= 11 is 0. The molecule has 0 aliphatic carbocycles. The molecule has 0 saturated carbocycles. The van der Waals surface area contributed by atoms with Gasteiger partial charge in [0.25, 0.3) is 0 Å². The molecule has 1 saturated heterocycles. The van der Waals surface area contributed by atoms with Gasteiger partial charge in [-0.15, -0.1) is 0 Å². The molecule has 3 nitrogen and oxygen atoms in total. The quantitative estimate of drug-likeness (QED) is 0.461. The van der Waals surface area contributed by atoms with Crippen LogP contribution >= 0.6 is 0 Å². The normalized spacial score (nSPS) is 18.1. The van der Waals surface area contributed by atoms with Gasteiger partial charge in [-0.3, -0.25) is 5.32 Å². The molecule has 0 radical (unpaired) electrons. The molecule has 0 aromatic carbocycles. The molecule has 0 amide bonds. The lowest BCUT2D eigenvalue weighted by atomic mass is 10.4. The number of hydrogen-bond acceptors (Lipinski definition) is 3. The minimum absolute atomic E-state index is 0.874. The number of rotatable bonds is 1. The van der Waals surface area contributed by atoms with Crippen LogP contribution in [0.5, 0.6) is 0 Å². The van der Waals surface area contributed by atoms with Crippen LogP contribution in [0.4, 0.5) is 0 Å². The minimum Gasteiger partial charge on any atom is -0.360 e. The molecule has 3 heteroatoms. The molecule has 52 valence electrons. The fourth-order valence-electron chi connectivity index (χ4n) is 0.789. The Bertz CT molecular complexity index is 101. The van der Waals surface area contributed by atoms with Crippen LogP contribution in [0.1, 0.15) is 13.3 Å². The molecule has 0 atom stereocenters. The first-order valence-corrected chi connectivity index (χ1v) is 3.32. The molecule has 0 bridgehead atoms. The third kappa shape index (κ3) is 1.93. The second kappa shape index (κ2) is 3.35. The van der Waals surface area contributed by atoms with Crippen molar-refractivity contribution in [3.05, 3.63) is 11.9 Å². The van der Waals surface area contributed by atoms with Crippen molar-refractivity contribution in [3.8, 4) is 0 Å². The Hall–Kier alpha value is -0.700. The maximum absolute atomic E-state index is 3.16. The van der Waals surface area contributed by atoms with Gasteiger partial charge in [-0.1, -0.05) is 6.92 Å². The van der Waals surface area contributed by atoms with Crippen LogP contribution in [0.25, 0.3) is 0 Å². The molecule has 1 fully saturated rings. The topological polar surface area (TPSA) is 36.1 Å². The number of hydrogen-bond donors (Lipinski definition) is 3. The summed E-state index contributed by atoms with van der Waals surface area (Å²) in [6.45, 7) is 3.87. The predicted octanol–water partition coefficient (Wildman–Crippen LogP) is -0.0648. The van der Waals surface area contributed by atoms with Gasteiger partial charge in [0.05, 0.1) is 19.2 Å². The minimum atomic E-state index is 0.874. The second-order valence-electron chi connectivity index (χ2n) is 1.98. The van der Waals surface area contributed by atoms with Crippen molar-refractivity contribution in [2.24, 2.45) is 0 Å². The maximum Gasteiger partial charge on any atom is 0.0965 e. The lowest BCUT2D eigenvalue weighted by molar-refractivity contribution is 0.506. The third-order valence-corrected chi connectivity index (χ3v) is 1.22. The van der Waals surface area contributed by atoms with Crippen molar-refractivity contribution in [3.63, 3.8) is 0 Å². The monoisotopic (exact) mass is 127 g/mol. The zero-order valence-corrected chi connectivity index (χ0v) is 5.70. The van der Waals surface area contributed by atoms with Gasteiger partial charge in [0.2, 0.25) is 0 Å². The van der Waals surface area contributed by atoms with Crippen molar-refractivity contribution < 1.29 is 0 Å². The van der Waals surface area contributed by atoms with E-state index in [-0.39, 0.29) is 0 Å². The Morgan fingerprint density at radius 2 is 2.11 bits per heavy atom. The molecule has 0 spiro atoms. The van der Waals surface area contributed by atoms with E-state index in [4.69, 9.17) is 0 Å². The van der Waals surface area contributed by atoms with Crippen LogP contribution in [-0.4, -0.2) is 13.3 Å². The smallest absolute Gasteiger partial charge is 0.0965 e. The van der Waals surface area contributed by atoms with Gasteiger partial charge >= 0.3 is 0 Å². The van der Waals surface area contributed by atoms with E-state index in [9.17, 15) is 0 Å². The van der Waals surface area contributed by atoms with Crippen molar-refractivity contribution in [1.82, 2.24) is 16.0 Å². The zero-order chi connectivity index (χ0) is 6.53. The Kier molecular flexibility index (Phi) is 2.39. The molecular weight excluding hydrogens is 114 g/mol. The van der Waals surface area contributed by atoms with E-state index in [1.807, 2.05) is 0 Å². The molecule has 9 heavy (non-hydrogen) atoms. The molecule has 1 heterocycles. The van der Waals surface area contributed by atoms with E-state index in [1.165, 1.54) is 0 Å². The summed E-state index contributed by atoms with van der Waals surface area (Å²) in [5.74, 6) is 1.15. The molecule has 1 rings (SSSR count). The Morgan fingerprint density at radius 3 is 2.67 bits per heavy atom. The highest BCUT2D eigenvalue weighted by molar-refractivity contribution is 4.97. The van der Waals surface area contributed by atoms with E-state index in [2.05, 4.69) is 29.0 Å². The summed E-state index contributed by atoms with van der Waals surface area (Å²) in [7, 11) is 0. The second-order valence-corrected chi connectivity index (χ2v) is 1.98. The van der Waals surface area contributed by atoms with Crippen LogP contribution in [0.3, 0.4) is 0 Å². The molecule has 0 unspecified atom stereocenters. The highest BCUT2D eigenvalue weighted by atomic mass is 15.3. The molecule has 0 aromatic rings. The van der Waals surface area contributed by atoms with Crippen molar-refractivity contribution in [2.45, 2.75) is 13.3 Å². The van der Waals surface area contributed by atoms with E-state index in [0.29, 0.717) is 0 Å². The van der Waals surface area contributed by atoms with Crippen LogP contribution in [0.2, 0.25) is 0 Å². The average Bonchev–Trinajstić information content (AvgIpc) is 1.91. The van der Waals surface area contributed by atoms with Gasteiger partial charge in [-0.05, 0) is 12.5 Å². The van der Waals surface area contributed by atoms with Crippen molar-refractivity contribution in [2.75, 3.05) is 13.3 Å². The van der Waals surface area contributed by atoms with Gasteiger partial charge in [0.15, 0.2) is 0 Å². The van der Waals surface area contributed by atoms with Gasteiger partial charge in [0.1, 0.15) is 0 Å². The Morgan fingerprint density at radius 1 is 1.44 bits per heavy atom. The summed E-state index contributed by atoms with van der Waals surface area (Å²) in [4.78, 5) is 0. The van der Waals surface area contributed by atoms with Crippen molar-refractivity contribution in [1.29, 1.82) is 0 Å². The SMILES string of the molecule is CCC=C1NCNCN1. The van der Waals surface area contributed by atoms with Gasteiger partial charge in [0, 0.05) is 0 Å². The van der Waals surface area contributed by atoms with E-state index < -0.39 is 0 Å². The zero-order valence-electron chi connectivity index (χ0n) is 5.70. The fourth-order valence-corrected chi connectivity index (χ4v) is 0.789. The van der Waals surface area contributed by atoms with E-state index in [1.54, 1.807) is 0 Å². The molecule has 1 aliphatic rings. The van der Waals surface area contributed by atoms with Gasteiger partial charge in [-0.25, -0.2) is 0 Å². The summed E-state index contributed by atoms with van der Waals surface area (Å²) in [5.41, 5.74) is 0. The summed E-state index contributed by atoms with van der Waals surface area (Å²) in [6.07, 6.45) is 3.22. The first-order valence-electron chi connectivity index (χ1n) is 3.32. The summed E-state index contributed by atoms with van der Waals surface area (Å²) in [5, 5.41) is 9.43. The van der Waals surface area contributed by atoms with Crippen LogP contribution in [-0.2, 0) is 0 Å². The summed E-state index contributed by atoms with van der Waals surface area (Å²) in [6, 6.07) is 0.